The van der Waals surface area contributed by atoms with E-state index in [-0.39, 0.29) is 5.91 Å². The highest BCUT2D eigenvalue weighted by Gasteiger charge is 2.06. The summed E-state index contributed by atoms with van der Waals surface area (Å²) in [6.07, 6.45) is 1.48. The van der Waals surface area contributed by atoms with Gasteiger partial charge in [-0.3, -0.25) is 4.79 Å². The molecule has 0 bridgehead atoms. The number of hydrogen-bond acceptors (Lipinski definition) is 5. The minimum atomic E-state index is -0.103. The molecule has 1 amide bonds. The van der Waals surface area contributed by atoms with Gasteiger partial charge in [0.2, 0.25) is 0 Å². The van der Waals surface area contributed by atoms with E-state index in [0.29, 0.717) is 11.4 Å². The Kier molecular flexibility index (Phi) is 4.52. The fraction of sp³-hybridized carbons (Fsp3) is 0.182. The van der Waals surface area contributed by atoms with Gasteiger partial charge in [0, 0.05) is 17.2 Å². The summed E-state index contributed by atoms with van der Waals surface area (Å²) in [7, 11) is 0. The normalized spacial score (nSPS) is 10.1. The van der Waals surface area contributed by atoms with Gasteiger partial charge in [-0.05, 0) is 23.7 Å². The first-order chi connectivity index (χ1) is 8.36. The molecular weight excluding hydrogens is 254 g/mol. The fourth-order valence-corrected chi connectivity index (χ4v) is 2.43. The lowest BCUT2D eigenvalue weighted by Gasteiger charge is -2.02. The molecule has 2 aromatic rings. The van der Waals surface area contributed by atoms with Gasteiger partial charge in [-0.1, -0.05) is 22.7 Å². The molecule has 0 spiro atoms. The molecule has 0 aliphatic carbocycles. The highest BCUT2D eigenvalue weighted by molar-refractivity contribution is 7.99. The number of rotatable bonds is 5. The van der Waals surface area contributed by atoms with Crippen LogP contribution in [-0.2, 0) is 0 Å². The first-order valence-electron chi connectivity index (χ1n) is 5.09. The van der Waals surface area contributed by atoms with Crippen molar-refractivity contribution in [3.63, 3.8) is 0 Å². The highest BCUT2D eigenvalue weighted by atomic mass is 32.2. The predicted octanol–water partition coefficient (Wildman–Crippen LogP) is 2.06. The van der Waals surface area contributed by atoms with E-state index < -0.39 is 0 Å². The molecular formula is C11H11N3OS2. The quantitative estimate of drug-likeness (QED) is 0.664. The second-order valence-electron chi connectivity index (χ2n) is 3.20. The average molecular weight is 265 g/mol. The second kappa shape index (κ2) is 6.36. The Morgan fingerprint density at radius 1 is 1.35 bits per heavy atom. The summed E-state index contributed by atoms with van der Waals surface area (Å²) in [6, 6.07) is 10.1. The van der Waals surface area contributed by atoms with Gasteiger partial charge in [0.05, 0.1) is 6.20 Å². The Morgan fingerprint density at radius 3 is 2.88 bits per heavy atom. The third-order valence-electron chi connectivity index (χ3n) is 1.98. The van der Waals surface area contributed by atoms with Crippen LogP contribution in [0, 0.1) is 0 Å². The lowest BCUT2D eigenvalue weighted by Crippen LogP contribution is -2.24. The average Bonchev–Trinajstić information content (AvgIpc) is 2.89. The maximum Gasteiger partial charge on any atom is 0.264 e. The standard InChI is InChI=1S/C11H11N3OS2/c15-11(10-8-13-14-17-10)12-6-7-16-9-4-2-1-3-5-9/h1-5,8H,6-7H2,(H,12,15). The molecule has 1 aromatic carbocycles. The van der Waals surface area contributed by atoms with Gasteiger partial charge < -0.3 is 5.32 Å². The van der Waals surface area contributed by atoms with Crippen molar-refractivity contribution in [2.45, 2.75) is 4.90 Å². The Balaban J connectivity index is 1.69. The Labute approximate surface area is 108 Å². The van der Waals surface area contributed by atoms with Crippen LogP contribution in [0.4, 0.5) is 0 Å². The highest BCUT2D eigenvalue weighted by Crippen LogP contribution is 2.15. The molecule has 0 saturated carbocycles. The number of nitrogens with one attached hydrogen (secondary N) is 1. The van der Waals surface area contributed by atoms with Crippen molar-refractivity contribution < 1.29 is 4.79 Å². The number of benzene rings is 1. The number of amides is 1. The van der Waals surface area contributed by atoms with Crippen LogP contribution in [0.5, 0.6) is 0 Å². The minimum Gasteiger partial charge on any atom is -0.350 e. The first-order valence-corrected chi connectivity index (χ1v) is 6.85. The SMILES string of the molecule is O=C(NCCSc1ccccc1)c1cnns1. The van der Waals surface area contributed by atoms with Crippen LogP contribution in [0.2, 0.25) is 0 Å². The van der Waals surface area contributed by atoms with Gasteiger partial charge in [-0.25, -0.2) is 0 Å². The summed E-state index contributed by atoms with van der Waals surface area (Å²) in [4.78, 5) is 13.3. The van der Waals surface area contributed by atoms with Crippen molar-refractivity contribution in [1.82, 2.24) is 14.9 Å². The largest absolute Gasteiger partial charge is 0.350 e. The molecule has 2 rings (SSSR count). The summed E-state index contributed by atoms with van der Waals surface area (Å²) in [5.41, 5.74) is 0. The van der Waals surface area contributed by atoms with Gasteiger partial charge in [0.1, 0.15) is 4.88 Å². The number of nitrogens with zero attached hydrogens (tertiary/aromatic N) is 2. The summed E-state index contributed by atoms with van der Waals surface area (Å²) in [6.45, 7) is 0.635. The Bertz CT molecular complexity index is 459. The summed E-state index contributed by atoms with van der Waals surface area (Å²) in [5.74, 6) is 0.746. The zero-order valence-corrected chi connectivity index (χ0v) is 10.6. The molecule has 88 valence electrons. The van der Waals surface area contributed by atoms with E-state index in [4.69, 9.17) is 0 Å². The van der Waals surface area contributed by atoms with E-state index in [1.807, 2.05) is 18.2 Å². The molecule has 0 aliphatic rings. The molecule has 0 saturated heterocycles. The van der Waals surface area contributed by atoms with Crippen LogP contribution < -0.4 is 5.32 Å². The summed E-state index contributed by atoms with van der Waals surface area (Å²) in [5, 5.41) is 6.45. The van der Waals surface area contributed by atoms with Crippen molar-refractivity contribution >= 4 is 29.2 Å². The molecule has 0 fully saturated rings. The molecule has 0 unspecified atom stereocenters. The summed E-state index contributed by atoms with van der Waals surface area (Å²) < 4.78 is 3.64. The van der Waals surface area contributed by atoms with Crippen molar-refractivity contribution in [1.29, 1.82) is 0 Å². The zero-order chi connectivity index (χ0) is 11.9. The summed E-state index contributed by atoms with van der Waals surface area (Å²) >= 11 is 2.82. The third-order valence-corrected chi connectivity index (χ3v) is 3.66. The van der Waals surface area contributed by atoms with Gasteiger partial charge in [0.15, 0.2) is 0 Å². The minimum absolute atomic E-state index is 0.103. The molecule has 1 N–H and O–H groups in total. The molecule has 4 nitrogen and oxygen atoms in total. The predicted molar refractivity (Wildman–Crippen MR) is 69.4 cm³/mol. The van der Waals surface area contributed by atoms with Crippen LogP contribution in [0.15, 0.2) is 41.4 Å². The van der Waals surface area contributed by atoms with Gasteiger partial charge in [0.25, 0.3) is 5.91 Å². The van der Waals surface area contributed by atoms with Crippen molar-refractivity contribution in [2.75, 3.05) is 12.3 Å². The smallest absolute Gasteiger partial charge is 0.264 e. The van der Waals surface area contributed by atoms with Gasteiger partial charge in [-0.15, -0.1) is 16.9 Å². The lowest BCUT2D eigenvalue weighted by molar-refractivity contribution is 0.0960. The van der Waals surface area contributed by atoms with Crippen LogP contribution in [0.1, 0.15) is 9.67 Å². The van der Waals surface area contributed by atoms with Crippen LogP contribution in [0.3, 0.4) is 0 Å². The monoisotopic (exact) mass is 265 g/mol. The molecule has 1 heterocycles. The van der Waals surface area contributed by atoms with Crippen molar-refractivity contribution in [2.24, 2.45) is 0 Å². The second-order valence-corrected chi connectivity index (χ2v) is 5.15. The number of thioether (sulfide) groups is 1. The number of carbonyl (C=O) groups excluding carboxylic acids is 1. The van der Waals surface area contributed by atoms with Gasteiger partial charge in [-0.2, -0.15) is 0 Å². The number of hydrogen-bond donors (Lipinski definition) is 1. The number of carbonyl (C=O) groups is 1. The van der Waals surface area contributed by atoms with Crippen molar-refractivity contribution in [3.05, 3.63) is 41.4 Å². The van der Waals surface area contributed by atoms with E-state index in [9.17, 15) is 4.79 Å². The zero-order valence-electron chi connectivity index (χ0n) is 9.00. The molecule has 17 heavy (non-hydrogen) atoms. The molecule has 0 aliphatic heterocycles. The van der Waals surface area contributed by atoms with E-state index in [1.54, 1.807) is 11.8 Å². The Morgan fingerprint density at radius 2 is 2.18 bits per heavy atom. The Hall–Kier alpha value is -1.40. The number of aromatic nitrogens is 2. The maximum absolute atomic E-state index is 11.5. The molecule has 6 heteroatoms. The topological polar surface area (TPSA) is 54.9 Å². The van der Waals surface area contributed by atoms with Crippen LogP contribution >= 0.6 is 23.3 Å². The van der Waals surface area contributed by atoms with Crippen LogP contribution in [-0.4, -0.2) is 27.8 Å². The molecule has 0 atom stereocenters. The van der Waals surface area contributed by atoms with E-state index in [2.05, 4.69) is 27.0 Å². The van der Waals surface area contributed by atoms with E-state index in [0.717, 1.165) is 17.3 Å². The van der Waals surface area contributed by atoms with E-state index >= 15 is 0 Å². The first kappa shape index (κ1) is 12.1. The molecule has 0 radical (unpaired) electrons. The van der Waals surface area contributed by atoms with Crippen LogP contribution in [0.25, 0.3) is 0 Å². The van der Waals surface area contributed by atoms with Gasteiger partial charge >= 0.3 is 0 Å². The molecule has 1 aromatic heterocycles. The third kappa shape index (κ3) is 3.83. The lowest BCUT2D eigenvalue weighted by atomic mass is 10.4. The van der Waals surface area contributed by atoms with Crippen molar-refractivity contribution in [3.8, 4) is 0 Å². The maximum atomic E-state index is 11.5. The van der Waals surface area contributed by atoms with E-state index in [1.165, 1.54) is 11.1 Å². The fourth-order valence-electron chi connectivity index (χ4n) is 1.20.